The second-order valence-corrected chi connectivity index (χ2v) is 6.09. The normalized spacial score (nSPS) is 34.8. The first-order chi connectivity index (χ1) is 9.97. The third kappa shape index (κ3) is 4.19. The van der Waals surface area contributed by atoms with Crippen LogP contribution in [0.25, 0.3) is 0 Å². The lowest BCUT2D eigenvalue weighted by molar-refractivity contribution is -0.143. The molecule has 0 amide bonds. The molecule has 0 N–H and O–H groups in total. The van der Waals surface area contributed by atoms with Crippen molar-refractivity contribution in [2.75, 3.05) is 6.61 Å². The first kappa shape index (κ1) is 15.8. The summed E-state index contributed by atoms with van der Waals surface area (Å²) < 4.78 is 10.6. The Hall–Kier alpha value is -1.58. The minimum atomic E-state index is -0.284. The molecule has 0 radical (unpaired) electrons. The Bertz CT molecular complexity index is 475. The largest absolute Gasteiger partial charge is 0.461 e. The molecule has 1 aliphatic heterocycles. The quantitative estimate of drug-likeness (QED) is 0.579. The van der Waals surface area contributed by atoms with Crippen LogP contribution in [0.15, 0.2) is 23.3 Å². The maximum Gasteiger partial charge on any atom is 0.309 e. The van der Waals surface area contributed by atoms with Crippen LogP contribution in [0.5, 0.6) is 0 Å². The summed E-state index contributed by atoms with van der Waals surface area (Å²) in [5.74, 6) is -0.248. The minimum Gasteiger partial charge on any atom is -0.461 e. The third-order valence-corrected chi connectivity index (χ3v) is 4.38. The van der Waals surface area contributed by atoms with Crippen molar-refractivity contribution < 1.29 is 19.1 Å². The van der Waals surface area contributed by atoms with Crippen molar-refractivity contribution in [2.24, 2.45) is 11.8 Å². The highest BCUT2D eigenvalue weighted by atomic mass is 16.6. The van der Waals surface area contributed by atoms with Gasteiger partial charge >= 0.3 is 11.9 Å². The maximum absolute atomic E-state index is 11.8. The van der Waals surface area contributed by atoms with Gasteiger partial charge in [0.25, 0.3) is 0 Å². The van der Waals surface area contributed by atoms with Gasteiger partial charge in [0.1, 0.15) is 12.7 Å². The highest BCUT2D eigenvalue weighted by Gasteiger charge is 2.40. The average molecular weight is 292 g/mol. The molecule has 0 aromatic heterocycles. The fourth-order valence-electron chi connectivity index (χ4n) is 2.99. The van der Waals surface area contributed by atoms with E-state index in [1.54, 1.807) is 0 Å². The molecule has 1 heterocycles. The number of carbonyl (C=O) groups is 2. The van der Waals surface area contributed by atoms with Crippen LogP contribution in [0.4, 0.5) is 0 Å². The Labute approximate surface area is 126 Å². The molecule has 116 valence electrons. The zero-order valence-corrected chi connectivity index (χ0v) is 13.1. The molecular weight excluding hydrogens is 268 g/mol. The van der Waals surface area contributed by atoms with Crippen molar-refractivity contribution in [1.82, 2.24) is 0 Å². The lowest BCUT2D eigenvalue weighted by Gasteiger charge is -2.20. The number of fused-ring (bicyclic) bond motifs is 1. The highest BCUT2D eigenvalue weighted by Crippen LogP contribution is 2.35. The van der Waals surface area contributed by atoms with Gasteiger partial charge in [-0.05, 0) is 44.3 Å². The van der Waals surface area contributed by atoms with Crippen LogP contribution >= 0.6 is 0 Å². The Morgan fingerprint density at radius 1 is 1.43 bits per heavy atom. The fourth-order valence-corrected chi connectivity index (χ4v) is 2.99. The van der Waals surface area contributed by atoms with E-state index in [-0.39, 0.29) is 36.5 Å². The highest BCUT2D eigenvalue weighted by molar-refractivity contribution is 5.75. The van der Waals surface area contributed by atoms with E-state index < -0.39 is 0 Å². The topological polar surface area (TPSA) is 52.6 Å². The van der Waals surface area contributed by atoms with E-state index in [1.807, 2.05) is 13.0 Å². The molecule has 21 heavy (non-hydrogen) atoms. The predicted octanol–water partition coefficient (Wildman–Crippen LogP) is 3.17. The number of allylic oxidation sites excluding steroid dienone is 2. The molecule has 0 bridgehead atoms. The van der Waals surface area contributed by atoms with Gasteiger partial charge in [-0.3, -0.25) is 9.59 Å². The number of carbonyl (C=O) groups excluding carboxylic acids is 2. The van der Waals surface area contributed by atoms with E-state index in [0.717, 1.165) is 31.3 Å². The Balaban J connectivity index is 2.18. The number of ether oxygens (including phenoxy) is 2. The van der Waals surface area contributed by atoms with E-state index >= 15 is 0 Å². The first-order valence-electron chi connectivity index (χ1n) is 7.66. The predicted molar refractivity (Wildman–Crippen MR) is 79.5 cm³/mol. The van der Waals surface area contributed by atoms with Gasteiger partial charge in [0.15, 0.2) is 0 Å². The molecule has 0 saturated carbocycles. The Kier molecular flexibility index (Phi) is 5.21. The van der Waals surface area contributed by atoms with Crippen molar-refractivity contribution in [2.45, 2.75) is 52.6 Å². The molecule has 2 aliphatic rings. The molecular formula is C17H24O4. The van der Waals surface area contributed by atoms with Crippen LogP contribution in [0.1, 0.15) is 46.5 Å². The molecule has 2 rings (SSSR count). The van der Waals surface area contributed by atoms with Gasteiger partial charge in [0, 0.05) is 12.8 Å². The fraction of sp³-hybridized carbons (Fsp3) is 0.647. The van der Waals surface area contributed by atoms with Crippen molar-refractivity contribution >= 4 is 11.9 Å². The van der Waals surface area contributed by atoms with Crippen molar-refractivity contribution in [1.29, 1.82) is 0 Å². The minimum absolute atomic E-state index is 0.0616. The lowest BCUT2D eigenvalue weighted by atomic mass is 9.84. The van der Waals surface area contributed by atoms with Gasteiger partial charge in [0.05, 0.1) is 5.92 Å². The zero-order chi connectivity index (χ0) is 15.4. The molecule has 1 fully saturated rings. The lowest BCUT2D eigenvalue weighted by Crippen LogP contribution is -2.19. The molecule has 3 atom stereocenters. The summed E-state index contributed by atoms with van der Waals surface area (Å²) >= 11 is 0. The van der Waals surface area contributed by atoms with E-state index in [0.29, 0.717) is 0 Å². The van der Waals surface area contributed by atoms with Crippen molar-refractivity contribution in [3.05, 3.63) is 23.3 Å². The summed E-state index contributed by atoms with van der Waals surface area (Å²) in [5.41, 5.74) is 2.39. The van der Waals surface area contributed by atoms with Gasteiger partial charge < -0.3 is 9.47 Å². The number of esters is 2. The summed E-state index contributed by atoms with van der Waals surface area (Å²) in [6.45, 7) is 5.77. The number of hydrogen-bond acceptors (Lipinski definition) is 4. The molecule has 0 spiro atoms. The van der Waals surface area contributed by atoms with Gasteiger partial charge in [-0.15, -0.1) is 0 Å². The van der Waals surface area contributed by atoms with E-state index in [4.69, 9.17) is 9.47 Å². The van der Waals surface area contributed by atoms with Crippen LogP contribution in [0.2, 0.25) is 0 Å². The van der Waals surface area contributed by atoms with Crippen LogP contribution < -0.4 is 0 Å². The molecule has 4 heteroatoms. The second-order valence-electron chi connectivity index (χ2n) is 6.09. The Morgan fingerprint density at radius 3 is 2.90 bits per heavy atom. The molecule has 0 aromatic carbocycles. The van der Waals surface area contributed by atoms with Gasteiger partial charge in [0.2, 0.25) is 0 Å². The Morgan fingerprint density at radius 2 is 2.19 bits per heavy atom. The molecule has 1 saturated heterocycles. The summed E-state index contributed by atoms with van der Waals surface area (Å²) in [4.78, 5) is 22.8. The average Bonchev–Trinajstić information content (AvgIpc) is 2.69. The van der Waals surface area contributed by atoms with E-state index in [9.17, 15) is 9.59 Å². The summed E-state index contributed by atoms with van der Waals surface area (Å²) in [6.07, 6.45) is 7.80. The summed E-state index contributed by atoms with van der Waals surface area (Å²) in [6, 6.07) is 0. The second kappa shape index (κ2) is 6.92. The smallest absolute Gasteiger partial charge is 0.309 e. The third-order valence-electron chi connectivity index (χ3n) is 4.38. The standard InChI is InChI=1S/C17H24O4/c1-11-5-4-6-14(10-20-13(3)18)9-16-15(8-7-11)12(2)17(19)21-16/h5,9,12,15-16H,4,6-8,10H2,1-3H3/b11-5+,14-9-/t12-,15-,16+/m0/s1. The molecule has 1 aliphatic carbocycles. The molecule has 0 aromatic rings. The zero-order valence-electron chi connectivity index (χ0n) is 13.1. The first-order valence-corrected chi connectivity index (χ1v) is 7.66. The van der Waals surface area contributed by atoms with Gasteiger partial charge in [-0.25, -0.2) is 0 Å². The number of rotatable bonds is 2. The maximum atomic E-state index is 11.8. The van der Waals surface area contributed by atoms with Gasteiger partial charge in [-0.1, -0.05) is 18.6 Å². The summed E-state index contributed by atoms with van der Waals surface area (Å²) in [5, 5.41) is 0. The van der Waals surface area contributed by atoms with Crippen LogP contribution in [-0.2, 0) is 19.1 Å². The van der Waals surface area contributed by atoms with Crippen molar-refractivity contribution in [3.8, 4) is 0 Å². The SMILES string of the molecule is CC(=O)OC/C1=C\[C@H]2OC(=O)[C@@H](C)[C@@H]2CC/C(C)=C/CC1. The molecule has 4 nitrogen and oxygen atoms in total. The number of hydrogen-bond donors (Lipinski definition) is 0. The monoisotopic (exact) mass is 292 g/mol. The van der Waals surface area contributed by atoms with E-state index in [1.165, 1.54) is 12.5 Å². The van der Waals surface area contributed by atoms with E-state index in [2.05, 4.69) is 13.0 Å². The van der Waals surface area contributed by atoms with Crippen LogP contribution in [0, 0.1) is 11.8 Å². The molecule has 0 unspecified atom stereocenters. The van der Waals surface area contributed by atoms with Crippen LogP contribution in [-0.4, -0.2) is 24.6 Å². The van der Waals surface area contributed by atoms with Gasteiger partial charge in [-0.2, -0.15) is 0 Å². The van der Waals surface area contributed by atoms with Crippen LogP contribution in [0.3, 0.4) is 0 Å². The van der Waals surface area contributed by atoms with Crippen molar-refractivity contribution in [3.63, 3.8) is 0 Å². The summed E-state index contributed by atoms with van der Waals surface area (Å²) in [7, 11) is 0.